The third-order valence-corrected chi connectivity index (χ3v) is 7.38. The number of anilines is 1. The minimum Gasteiger partial charge on any atom is -0.454 e. The maximum Gasteiger partial charge on any atom is 0.236 e. The van der Waals surface area contributed by atoms with Crippen molar-refractivity contribution < 1.29 is 15.7 Å². The van der Waals surface area contributed by atoms with E-state index in [2.05, 4.69) is 29.6 Å². The number of fused-ring (bicyclic) bond motifs is 1. The number of rotatable bonds is 5. The Morgan fingerprint density at radius 1 is 0.939 bits per heavy atom. The zero-order valence-electron chi connectivity index (χ0n) is 18.7. The summed E-state index contributed by atoms with van der Waals surface area (Å²) in [4.78, 5) is 18.0. The van der Waals surface area contributed by atoms with Crippen molar-refractivity contribution in [2.75, 3.05) is 12.1 Å². The van der Waals surface area contributed by atoms with Crippen LogP contribution in [0, 0.1) is 0 Å². The number of aromatic nitrogens is 1. The van der Waals surface area contributed by atoms with Crippen LogP contribution in [0.4, 0.5) is 5.82 Å². The maximum absolute atomic E-state index is 13.2. The fraction of sp³-hybridized carbons (Fsp3) is 0.357. The van der Waals surface area contributed by atoms with Gasteiger partial charge in [-0.25, -0.2) is 4.98 Å². The third-order valence-electron chi connectivity index (χ3n) is 7.38. The first-order valence-electron chi connectivity index (χ1n) is 12.0. The smallest absolute Gasteiger partial charge is 0.236 e. The van der Waals surface area contributed by atoms with Crippen LogP contribution in [0.2, 0.25) is 0 Å². The number of carbonyl (C=O) groups excluding carboxylic acids is 1. The van der Waals surface area contributed by atoms with Crippen molar-refractivity contribution in [2.24, 2.45) is 0 Å². The Hall–Kier alpha value is -3.34. The molecule has 2 aromatic carbocycles. The van der Waals surface area contributed by atoms with Gasteiger partial charge in [0.15, 0.2) is 11.5 Å². The highest BCUT2D eigenvalue weighted by Gasteiger charge is 2.51. The summed E-state index contributed by atoms with van der Waals surface area (Å²) in [6, 6.07) is 20.4. The van der Waals surface area contributed by atoms with Crippen LogP contribution in [0.1, 0.15) is 63.4 Å². The summed E-state index contributed by atoms with van der Waals surface area (Å²) < 4.78 is 10.9. The molecule has 1 amide bonds. The van der Waals surface area contributed by atoms with Gasteiger partial charge in [-0.3, -0.25) is 4.79 Å². The third kappa shape index (κ3) is 3.86. The molecular weight excluding hydrogens is 412 g/mol. The SMILES string of the molecule is O=C(Nc1cccc(-c2ccc(C3CCCCC3)cc2)n1)C1(c2ccc3c(c2)OCO3)CC1.[HH]. The topological polar surface area (TPSA) is 60.5 Å². The van der Waals surface area contributed by atoms with E-state index < -0.39 is 5.41 Å². The monoisotopic (exact) mass is 442 g/mol. The lowest BCUT2D eigenvalue weighted by Crippen LogP contribution is -2.28. The zero-order valence-corrected chi connectivity index (χ0v) is 18.7. The van der Waals surface area contributed by atoms with E-state index in [1.54, 1.807) is 0 Å². The summed E-state index contributed by atoms with van der Waals surface area (Å²) in [5.74, 6) is 2.71. The largest absolute Gasteiger partial charge is 0.454 e. The van der Waals surface area contributed by atoms with Crippen molar-refractivity contribution in [2.45, 2.75) is 56.3 Å². The van der Waals surface area contributed by atoms with Gasteiger partial charge in [0.25, 0.3) is 0 Å². The van der Waals surface area contributed by atoms with E-state index in [0.29, 0.717) is 17.5 Å². The maximum atomic E-state index is 13.2. The van der Waals surface area contributed by atoms with Crippen LogP contribution in [0.25, 0.3) is 11.3 Å². The molecule has 2 aliphatic carbocycles. The standard InChI is InChI=1S/C28H28N2O3.H2/c31-27(28(15-16-28)22-13-14-24-25(17-22)33-18-32-24)30-26-8-4-7-23(29-26)21-11-9-20(10-12-21)19-5-2-1-3-6-19;/h4,7-14,17,19H,1-3,5-6,15-16,18H2,(H,29,30,31);1H. The van der Waals surface area contributed by atoms with Gasteiger partial charge in [0.05, 0.1) is 11.1 Å². The number of amides is 1. The molecule has 0 saturated heterocycles. The fourth-order valence-corrected chi connectivity index (χ4v) is 5.23. The lowest BCUT2D eigenvalue weighted by atomic mass is 9.84. The van der Waals surface area contributed by atoms with Crippen molar-refractivity contribution in [1.82, 2.24) is 4.98 Å². The Bertz CT molecular complexity index is 1180. The molecule has 170 valence electrons. The van der Waals surface area contributed by atoms with Crippen molar-refractivity contribution in [3.63, 3.8) is 0 Å². The van der Waals surface area contributed by atoms with Crippen molar-refractivity contribution in [3.8, 4) is 22.8 Å². The predicted molar refractivity (Wildman–Crippen MR) is 130 cm³/mol. The van der Waals surface area contributed by atoms with Crippen LogP contribution in [0.15, 0.2) is 60.7 Å². The second-order valence-electron chi connectivity index (χ2n) is 9.47. The van der Waals surface area contributed by atoms with Crippen molar-refractivity contribution in [3.05, 3.63) is 71.8 Å². The molecule has 1 aliphatic heterocycles. The van der Waals surface area contributed by atoms with Gasteiger partial charge >= 0.3 is 0 Å². The van der Waals surface area contributed by atoms with Crippen molar-refractivity contribution in [1.29, 1.82) is 0 Å². The molecule has 0 atom stereocenters. The van der Waals surface area contributed by atoms with Crippen LogP contribution >= 0.6 is 0 Å². The first-order valence-corrected chi connectivity index (χ1v) is 12.0. The van der Waals surface area contributed by atoms with E-state index in [4.69, 9.17) is 14.5 Å². The number of carbonyl (C=O) groups is 1. The number of ether oxygens (including phenoxy) is 2. The molecule has 5 nitrogen and oxygen atoms in total. The molecule has 3 aliphatic rings. The highest BCUT2D eigenvalue weighted by Crippen LogP contribution is 2.51. The van der Waals surface area contributed by atoms with Gasteiger partial charge in [-0.1, -0.05) is 55.7 Å². The Morgan fingerprint density at radius 3 is 2.52 bits per heavy atom. The highest BCUT2D eigenvalue weighted by atomic mass is 16.7. The highest BCUT2D eigenvalue weighted by molar-refractivity contribution is 6.01. The molecule has 1 N–H and O–H groups in total. The molecule has 3 aromatic rings. The summed E-state index contributed by atoms with van der Waals surface area (Å²) >= 11 is 0. The molecule has 2 heterocycles. The minimum atomic E-state index is -0.514. The lowest BCUT2D eigenvalue weighted by Gasteiger charge is -2.22. The number of hydrogen-bond donors (Lipinski definition) is 1. The van der Waals surface area contributed by atoms with Gasteiger partial charge in [-0.15, -0.1) is 0 Å². The Kier molecular flexibility index (Phi) is 5.05. The van der Waals surface area contributed by atoms with Crippen LogP contribution in [-0.4, -0.2) is 17.7 Å². The summed E-state index contributed by atoms with van der Waals surface area (Å²) in [5.41, 5.74) is 3.83. The molecule has 2 fully saturated rings. The molecule has 5 heteroatoms. The van der Waals surface area contributed by atoms with E-state index in [1.165, 1.54) is 37.7 Å². The average molecular weight is 443 g/mol. The van der Waals surface area contributed by atoms with Gasteiger partial charge in [0, 0.05) is 6.99 Å². The van der Waals surface area contributed by atoms with Crippen molar-refractivity contribution >= 4 is 11.7 Å². The molecule has 0 radical (unpaired) electrons. The number of nitrogens with one attached hydrogen (secondary N) is 1. The van der Waals surface area contributed by atoms with Gasteiger partial charge < -0.3 is 14.8 Å². The number of benzene rings is 2. The van der Waals surface area contributed by atoms with Crippen LogP contribution in [-0.2, 0) is 10.2 Å². The number of hydrogen-bond acceptors (Lipinski definition) is 4. The molecule has 6 rings (SSSR count). The number of nitrogens with zero attached hydrogens (tertiary/aromatic N) is 1. The summed E-state index contributed by atoms with van der Waals surface area (Å²) in [5, 5.41) is 3.06. The van der Waals surface area contributed by atoms with E-state index in [0.717, 1.165) is 35.4 Å². The predicted octanol–water partition coefficient (Wildman–Crippen LogP) is 6.44. The first-order chi connectivity index (χ1) is 16.2. The summed E-state index contributed by atoms with van der Waals surface area (Å²) in [6.07, 6.45) is 8.27. The average Bonchev–Trinajstić information content (AvgIpc) is 3.56. The second kappa shape index (κ2) is 8.22. The van der Waals surface area contributed by atoms with E-state index in [-0.39, 0.29) is 14.1 Å². The Morgan fingerprint density at radius 2 is 1.73 bits per heavy atom. The van der Waals surface area contributed by atoms with Gasteiger partial charge in [-0.2, -0.15) is 0 Å². The molecule has 0 unspecified atom stereocenters. The van der Waals surface area contributed by atoms with Crippen LogP contribution in [0.3, 0.4) is 0 Å². The quantitative estimate of drug-likeness (QED) is 0.494. The molecule has 0 bridgehead atoms. The summed E-state index contributed by atoms with van der Waals surface area (Å²) in [6.45, 7) is 0.232. The Labute approximate surface area is 195 Å². The Balaban J connectivity index is 0.00000241. The normalized spacial score (nSPS) is 18.7. The van der Waals surface area contributed by atoms with Crippen LogP contribution < -0.4 is 14.8 Å². The van der Waals surface area contributed by atoms with Gasteiger partial charge in [-0.05, 0) is 67.0 Å². The summed E-state index contributed by atoms with van der Waals surface area (Å²) in [7, 11) is 0. The fourth-order valence-electron chi connectivity index (χ4n) is 5.23. The van der Waals surface area contributed by atoms with E-state index in [9.17, 15) is 4.79 Å². The number of pyridine rings is 1. The lowest BCUT2D eigenvalue weighted by molar-refractivity contribution is -0.118. The van der Waals surface area contributed by atoms with Crippen LogP contribution in [0.5, 0.6) is 11.5 Å². The molecule has 2 saturated carbocycles. The molecular formula is C28H30N2O3. The van der Waals surface area contributed by atoms with E-state index >= 15 is 0 Å². The minimum absolute atomic E-state index is 0. The molecule has 0 spiro atoms. The molecule has 33 heavy (non-hydrogen) atoms. The first kappa shape index (κ1) is 20.3. The second-order valence-corrected chi connectivity index (χ2v) is 9.47. The zero-order chi connectivity index (χ0) is 22.3. The van der Waals surface area contributed by atoms with Gasteiger partial charge in [0.1, 0.15) is 5.82 Å². The van der Waals surface area contributed by atoms with Gasteiger partial charge in [0.2, 0.25) is 12.7 Å². The molecule has 1 aromatic heterocycles. The van der Waals surface area contributed by atoms with E-state index in [1.807, 2.05) is 36.4 Å².